The molecule has 18 heavy (non-hydrogen) atoms. The quantitative estimate of drug-likeness (QED) is 0.744. The van der Waals surface area contributed by atoms with Crippen LogP contribution in [0.1, 0.15) is 39.5 Å². The second kappa shape index (κ2) is 5.83. The molecule has 2 fully saturated rings. The molecule has 0 aromatic rings. The van der Waals surface area contributed by atoms with Crippen molar-refractivity contribution in [1.29, 1.82) is 0 Å². The summed E-state index contributed by atoms with van der Waals surface area (Å²) in [6.45, 7) is 7.30. The van der Waals surface area contributed by atoms with Gasteiger partial charge in [0.25, 0.3) is 0 Å². The minimum absolute atomic E-state index is 0.198. The number of carbonyl (C=O) groups is 2. The average Bonchev–Trinajstić information content (AvgIpc) is 2.33. The van der Waals surface area contributed by atoms with Crippen LogP contribution in [0.2, 0.25) is 0 Å². The Labute approximate surface area is 109 Å². The van der Waals surface area contributed by atoms with Crippen molar-refractivity contribution in [3.05, 3.63) is 0 Å². The second-order valence-corrected chi connectivity index (χ2v) is 5.87. The monoisotopic (exact) mass is 252 g/mol. The fourth-order valence-corrected chi connectivity index (χ4v) is 2.97. The largest absolute Gasteiger partial charge is 0.341 e. The highest BCUT2D eigenvalue weighted by Crippen LogP contribution is 2.22. The van der Waals surface area contributed by atoms with Crippen molar-refractivity contribution in [2.45, 2.75) is 45.6 Å². The van der Waals surface area contributed by atoms with Crippen LogP contribution >= 0.6 is 0 Å². The number of hydrogen-bond acceptors (Lipinski definition) is 3. The minimum atomic E-state index is 0.198. The molecule has 2 heterocycles. The Morgan fingerprint density at radius 1 is 1.22 bits per heavy atom. The van der Waals surface area contributed by atoms with E-state index in [1.54, 1.807) is 0 Å². The SMILES string of the molecule is CC1CCN(CC(=O)N2CCC(=O)CC2)C(C)C1. The number of ketones is 1. The summed E-state index contributed by atoms with van der Waals surface area (Å²) in [7, 11) is 0. The highest BCUT2D eigenvalue weighted by molar-refractivity contribution is 5.84. The summed E-state index contributed by atoms with van der Waals surface area (Å²) < 4.78 is 0. The fraction of sp³-hybridized carbons (Fsp3) is 0.857. The summed E-state index contributed by atoms with van der Waals surface area (Å²) in [6.07, 6.45) is 3.46. The van der Waals surface area contributed by atoms with Crippen molar-refractivity contribution in [3.8, 4) is 0 Å². The molecule has 2 rings (SSSR count). The summed E-state index contributed by atoms with van der Waals surface area (Å²) >= 11 is 0. The first kappa shape index (κ1) is 13.5. The Balaban J connectivity index is 1.82. The van der Waals surface area contributed by atoms with Crippen molar-refractivity contribution in [2.24, 2.45) is 5.92 Å². The number of Topliss-reactive ketones (excluding diaryl/α,β-unsaturated/α-hetero) is 1. The zero-order valence-corrected chi connectivity index (χ0v) is 11.5. The highest BCUT2D eigenvalue weighted by Gasteiger charge is 2.27. The van der Waals surface area contributed by atoms with Crippen molar-refractivity contribution >= 4 is 11.7 Å². The summed E-state index contributed by atoms with van der Waals surface area (Å²) in [6, 6.07) is 0.504. The molecule has 2 saturated heterocycles. The van der Waals surface area contributed by atoms with Crippen molar-refractivity contribution in [2.75, 3.05) is 26.2 Å². The van der Waals surface area contributed by atoms with E-state index in [2.05, 4.69) is 18.7 Å². The van der Waals surface area contributed by atoms with Gasteiger partial charge >= 0.3 is 0 Å². The van der Waals surface area contributed by atoms with E-state index in [4.69, 9.17) is 0 Å². The molecule has 0 bridgehead atoms. The second-order valence-electron chi connectivity index (χ2n) is 5.87. The number of likely N-dealkylation sites (tertiary alicyclic amines) is 2. The maximum absolute atomic E-state index is 12.2. The van der Waals surface area contributed by atoms with Gasteiger partial charge in [-0.1, -0.05) is 6.92 Å². The van der Waals surface area contributed by atoms with E-state index in [0.29, 0.717) is 44.3 Å². The van der Waals surface area contributed by atoms with Gasteiger partial charge in [0.05, 0.1) is 6.54 Å². The van der Waals surface area contributed by atoms with Gasteiger partial charge in [-0.25, -0.2) is 0 Å². The third-order valence-corrected chi connectivity index (χ3v) is 4.29. The van der Waals surface area contributed by atoms with Gasteiger partial charge in [0.15, 0.2) is 0 Å². The number of carbonyl (C=O) groups excluding carboxylic acids is 2. The maximum atomic E-state index is 12.2. The first-order valence-corrected chi connectivity index (χ1v) is 7.10. The number of amides is 1. The van der Waals surface area contributed by atoms with Gasteiger partial charge in [0.2, 0.25) is 5.91 Å². The third kappa shape index (κ3) is 3.31. The van der Waals surface area contributed by atoms with Crippen LogP contribution in [0.5, 0.6) is 0 Å². The average molecular weight is 252 g/mol. The van der Waals surface area contributed by atoms with Crippen LogP contribution in [0.25, 0.3) is 0 Å². The first-order chi connectivity index (χ1) is 8.56. The van der Waals surface area contributed by atoms with Crippen LogP contribution in [0.4, 0.5) is 0 Å². The molecule has 0 N–H and O–H groups in total. The van der Waals surface area contributed by atoms with Gasteiger partial charge < -0.3 is 4.90 Å². The molecular weight excluding hydrogens is 228 g/mol. The van der Waals surface area contributed by atoms with Crippen molar-refractivity contribution < 1.29 is 9.59 Å². The fourth-order valence-electron chi connectivity index (χ4n) is 2.97. The van der Waals surface area contributed by atoms with E-state index in [0.717, 1.165) is 12.5 Å². The molecule has 1 amide bonds. The van der Waals surface area contributed by atoms with Crippen molar-refractivity contribution in [3.63, 3.8) is 0 Å². The Bertz CT molecular complexity index is 320. The summed E-state index contributed by atoms with van der Waals surface area (Å²) in [5, 5.41) is 0. The Hall–Kier alpha value is -0.900. The van der Waals surface area contributed by atoms with E-state index < -0.39 is 0 Å². The molecule has 102 valence electrons. The Morgan fingerprint density at radius 2 is 1.89 bits per heavy atom. The number of piperidine rings is 2. The van der Waals surface area contributed by atoms with Gasteiger partial charge in [-0.3, -0.25) is 14.5 Å². The molecule has 2 unspecified atom stereocenters. The molecule has 0 aromatic carbocycles. The van der Waals surface area contributed by atoms with Crippen LogP contribution < -0.4 is 0 Å². The zero-order chi connectivity index (χ0) is 13.1. The Morgan fingerprint density at radius 3 is 2.50 bits per heavy atom. The van der Waals surface area contributed by atoms with Crippen LogP contribution in [0.15, 0.2) is 0 Å². The molecule has 2 atom stereocenters. The zero-order valence-electron chi connectivity index (χ0n) is 11.5. The number of nitrogens with zero attached hydrogens (tertiary/aromatic N) is 2. The van der Waals surface area contributed by atoms with E-state index in [9.17, 15) is 9.59 Å². The summed E-state index contributed by atoms with van der Waals surface area (Å²) in [5.74, 6) is 1.27. The highest BCUT2D eigenvalue weighted by atomic mass is 16.2. The number of rotatable bonds is 2. The smallest absolute Gasteiger partial charge is 0.236 e. The molecule has 0 radical (unpaired) electrons. The summed E-state index contributed by atoms with van der Waals surface area (Å²) in [5.41, 5.74) is 0. The van der Waals surface area contributed by atoms with E-state index in [1.807, 2.05) is 4.90 Å². The minimum Gasteiger partial charge on any atom is -0.341 e. The number of hydrogen-bond donors (Lipinski definition) is 0. The molecular formula is C14H24N2O2. The van der Waals surface area contributed by atoms with Crippen LogP contribution in [-0.2, 0) is 9.59 Å². The predicted molar refractivity (Wildman–Crippen MR) is 70.3 cm³/mol. The standard InChI is InChI=1S/C14H24N2O2/c1-11-3-6-16(12(2)9-11)10-14(18)15-7-4-13(17)5-8-15/h11-12H,3-10H2,1-2H3. The maximum Gasteiger partial charge on any atom is 0.236 e. The molecule has 0 aliphatic carbocycles. The molecule has 2 aliphatic rings. The molecule has 4 heteroatoms. The van der Waals surface area contributed by atoms with Crippen molar-refractivity contribution in [1.82, 2.24) is 9.80 Å². The molecule has 4 nitrogen and oxygen atoms in total. The van der Waals surface area contributed by atoms with Gasteiger partial charge in [0.1, 0.15) is 5.78 Å². The molecule has 0 aromatic heterocycles. The van der Waals surface area contributed by atoms with Crippen LogP contribution in [0, 0.1) is 5.92 Å². The normalized spacial score (nSPS) is 30.6. The first-order valence-electron chi connectivity index (χ1n) is 7.10. The van der Waals surface area contributed by atoms with Crippen LogP contribution in [-0.4, -0.2) is 53.7 Å². The van der Waals surface area contributed by atoms with Gasteiger partial charge in [-0.2, -0.15) is 0 Å². The lowest BCUT2D eigenvalue weighted by Gasteiger charge is -2.37. The lowest BCUT2D eigenvalue weighted by molar-refractivity contribution is -0.136. The predicted octanol–water partition coefficient (Wildman–Crippen LogP) is 1.30. The topological polar surface area (TPSA) is 40.6 Å². The van der Waals surface area contributed by atoms with Gasteiger partial charge in [0, 0.05) is 32.0 Å². The van der Waals surface area contributed by atoms with E-state index in [1.165, 1.54) is 12.8 Å². The lowest BCUT2D eigenvalue weighted by Crippen LogP contribution is -2.48. The van der Waals surface area contributed by atoms with E-state index >= 15 is 0 Å². The van der Waals surface area contributed by atoms with Gasteiger partial charge in [-0.15, -0.1) is 0 Å². The third-order valence-electron chi connectivity index (χ3n) is 4.29. The van der Waals surface area contributed by atoms with Crippen LogP contribution in [0.3, 0.4) is 0 Å². The molecule has 2 aliphatic heterocycles. The molecule has 0 spiro atoms. The Kier molecular flexibility index (Phi) is 4.38. The lowest BCUT2D eigenvalue weighted by atomic mass is 9.93. The van der Waals surface area contributed by atoms with E-state index in [-0.39, 0.29) is 5.91 Å². The van der Waals surface area contributed by atoms with Gasteiger partial charge in [-0.05, 0) is 32.2 Å². The molecule has 0 saturated carbocycles. The summed E-state index contributed by atoms with van der Waals surface area (Å²) in [4.78, 5) is 27.5.